The first-order valence-electron chi connectivity index (χ1n) is 8.66. The van der Waals surface area contributed by atoms with Crippen molar-refractivity contribution < 1.29 is 18.7 Å². The minimum Gasteiger partial charge on any atom is -0.496 e. The zero-order valence-electron chi connectivity index (χ0n) is 14.8. The average molecular weight is 341 g/mol. The van der Waals surface area contributed by atoms with Crippen LogP contribution >= 0.6 is 0 Å². The molecule has 25 heavy (non-hydrogen) atoms. The van der Waals surface area contributed by atoms with Gasteiger partial charge in [-0.25, -0.2) is 0 Å². The Bertz CT molecular complexity index is 806. The highest BCUT2D eigenvalue weighted by molar-refractivity contribution is 6.03. The lowest BCUT2D eigenvalue weighted by Crippen LogP contribution is -2.28. The number of ketones is 1. The zero-order chi connectivity index (χ0) is 18.0. The molecule has 0 fully saturated rings. The average Bonchev–Trinajstić information content (AvgIpc) is 2.97. The molecule has 1 aromatic carbocycles. The van der Waals surface area contributed by atoms with Crippen LogP contribution in [0.15, 0.2) is 28.7 Å². The van der Waals surface area contributed by atoms with Gasteiger partial charge < -0.3 is 14.5 Å². The normalized spacial score (nSPS) is 14.8. The van der Waals surface area contributed by atoms with Gasteiger partial charge in [-0.1, -0.05) is 25.1 Å². The molecule has 1 amide bonds. The highest BCUT2D eigenvalue weighted by Crippen LogP contribution is 2.31. The van der Waals surface area contributed by atoms with E-state index < -0.39 is 0 Å². The Morgan fingerprint density at radius 2 is 2.08 bits per heavy atom. The number of ether oxygens (including phenoxy) is 1. The number of hydrogen-bond acceptors (Lipinski definition) is 4. The smallest absolute Gasteiger partial charge is 0.287 e. The third-order valence-corrected chi connectivity index (χ3v) is 4.74. The van der Waals surface area contributed by atoms with Crippen LogP contribution in [0, 0.1) is 6.92 Å². The van der Waals surface area contributed by atoms with E-state index >= 15 is 0 Å². The van der Waals surface area contributed by atoms with Crippen LogP contribution in [0.3, 0.4) is 0 Å². The van der Waals surface area contributed by atoms with E-state index in [1.807, 2.05) is 31.2 Å². The van der Waals surface area contributed by atoms with Crippen molar-refractivity contribution in [1.29, 1.82) is 0 Å². The van der Waals surface area contributed by atoms with Gasteiger partial charge in [-0.05, 0) is 25.8 Å². The first kappa shape index (κ1) is 17.3. The van der Waals surface area contributed by atoms with E-state index in [1.165, 1.54) is 0 Å². The van der Waals surface area contributed by atoms with E-state index in [4.69, 9.17) is 9.15 Å². The lowest BCUT2D eigenvalue weighted by molar-refractivity contribution is 0.0901. The van der Waals surface area contributed by atoms with Crippen LogP contribution in [0.4, 0.5) is 0 Å². The minimum atomic E-state index is -0.294. The Hall–Kier alpha value is -2.56. The molecule has 3 rings (SSSR count). The van der Waals surface area contributed by atoms with Crippen LogP contribution in [0.25, 0.3) is 0 Å². The summed E-state index contributed by atoms with van der Waals surface area (Å²) < 4.78 is 11.1. The number of carbonyl (C=O) groups excluding carboxylic acids is 2. The molecule has 5 nitrogen and oxygen atoms in total. The van der Waals surface area contributed by atoms with Crippen molar-refractivity contribution in [3.63, 3.8) is 0 Å². The number of hydrogen-bond donors (Lipinski definition) is 1. The van der Waals surface area contributed by atoms with Crippen molar-refractivity contribution in [2.45, 2.75) is 45.6 Å². The number of para-hydroxylation sites is 1. The van der Waals surface area contributed by atoms with Crippen LogP contribution in [0.2, 0.25) is 0 Å². The monoisotopic (exact) mass is 341 g/mol. The Labute approximate surface area is 147 Å². The second-order valence-electron chi connectivity index (χ2n) is 6.31. The largest absolute Gasteiger partial charge is 0.496 e. The Morgan fingerprint density at radius 3 is 2.76 bits per heavy atom. The Balaban J connectivity index is 1.87. The number of rotatable bonds is 5. The Morgan fingerprint density at radius 1 is 1.32 bits per heavy atom. The number of carbonyl (C=O) groups is 2. The van der Waals surface area contributed by atoms with Crippen molar-refractivity contribution in [2.24, 2.45) is 0 Å². The van der Waals surface area contributed by atoms with Crippen LogP contribution < -0.4 is 10.1 Å². The Kier molecular flexibility index (Phi) is 4.93. The van der Waals surface area contributed by atoms with E-state index in [0.29, 0.717) is 36.1 Å². The fourth-order valence-electron chi connectivity index (χ4n) is 3.44. The number of aryl methyl sites for hydroxylation is 1. The topological polar surface area (TPSA) is 68.5 Å². The molecule has 0 bridgehead atoms. The van der Waals surface area contributed by atoms with E-state index in [9.17, 15) is 9.59 Å². The highest BCUT2D eigenvalue weighted by atomic mass is 16.5. The number of methoxy groups -OCH3 is 1. The summed E-state index contributed by atoms with van der Waals surface area (Å²) in [5.41, 5.74) is 2.17. The molecule has 1 aliphatic rings. The van der Waals surface area contributed by atoms with Gasteiger partial charge in [-0.2, -0.15) is 0 Å². The lowest BCUT2D eigenvalue weighted by Gasteiger charge is -2.19. The molecule has 1 N–H and O–H groups in total. The zero-order valence-corrected chi connectivity index (χ0v) is 14.8. The number of nitrogens with one attached hydrogen (secondary N) is 1. The van der Waals surface area contributed by atoms with Crippen LogP contribution in [0.1, 0.15) is 70.0 Å². The second kappa shape index (κ2) is 7.13. The third-order valence-electron chi connectivity index (χ3n) is 4.74. The summed E-state index contributed by atoms with van der Waals surface area (Å²) in [5, 5.41) is 3.01. The first-order valence-corrected chi connectivity index (χ1v) is 8.66. The van der Waals surface area contributed by atoms with E-state index in [0.717, 1.165) is 17.7 Å². The third kappa shape index (κ3) is 3.18. The van der Waals surface area contributed by atoms with E-state index in [2.05, 4.69) is 5.32 Å². The molecule has 132 valence electrons. The highest BCUT2D eigenvalue weighted by Gasteiger charge is 2.29. The molecule has 1 aromatic heterocycles. The maximum atomic E-state index is 12.8. The molecule has 1 aliphatic carbocycles. The molecule has 0 saturated carbocycles. The molecule has 1 unspecified atom stereocenters. The van der Waals surface area contributed by atoms with Gasteiger partial charge in [-0.3, -0.25) is 9.59 Å². The van der Waals surface area contributed by atoms with Gasteiger partial charge >= 0.3 is 0 Å². The molecule has 5 heteroatoms. The van der Waals surface area contributed by atoms with E-state index in [-0.39, 0.29) is 23.5 Å². The van der Waals surface area contributed by atoms with E-state index in [1.54, 1.807) is 14.0 Å². The quantitative estimate of drug-likeness (QED) is 0.892. The van der Waals surface area contributed by atoms with Crippen molar-refractivity contribution in [3.8, 4) is 5.75 Å². The number of Topliss-reactive ketones (excluding diaryl/α,β-unsaturated/α-hetero) is 1. The van der Waals surface area contributed by atoms with Crippen molar-refractivity contribution in [3.05, 3.63) is 52.5 Å². The molecular formula is C20H23NO4. The number of benzene rings is 1. The maximum Gasteiger partial charge on any atom is 0.287 e. The van der Waals surface area contributed by atoms with Gasteiger partial charge in [0.1, 0.15) is 11.5 Å². The molecule has 1 atom stereocenters. The summed E-state index contributed by atoms with van der Waals surface area (Å²) in [5.74, 6) is 1.40. The van der Waals surface area contributed by atoms with Gasteiger partial charge in [0.2, 0.25) is 0 Å². The first-order chi connectivity index (χ1) is 12.1. The van der Waals surface area contributed by atoms with Crippen LogP contribution in [-0.4, -0.2) is 18.8 Å². The number of fused-ring (bicyclic) bond motifs is 1. The summed E-state index contributed by atoms with van der Waals surface area (Å²) in [6.07, 6.45) is 2.72. The van der Waals surface area contributed by atoms with Gasteiger partial charge in [0.05, 0.1) is 18.7 Å². The van der Waals surface area contributed by atoms with Crippen molar-refractivity contribution >= 4 is 11.7 Å². The van der Waals surface area contributed by atoms with Gasteiger partial charge in [-0.15, -0.1) is 0 Å². The summed E-state index contributed by atoms with van der Waals surface area (Å²) in [4.78, 5) is 24.9. The predicted molar refractivity (Wildman–Crippen MR) is 94.2 cm³/mol. The number of amides is 1. The van der Waals surface area contributed by atoms with Crippen molar-refractivity contribution in [1.82, 2.24) is 5.32 Å². The molecule has 0 aliphatic heterocycles. The summed E-state index contributed by atoms with van der Waals surface area (Å²) in [6.45, 7) is 3.78. The van der Waals surface area contributed by atoms with Crippen LogP contribution in [-0.2, 0) is 6.42 Å². The van der Waals surface area contributed by atoms with Crippen molar-refractivity contribution in [2.75, 3.05) is 7.11 Å². The fourth-order valence-corrected chi connectivity index (χ4v) is 3.44. The minimum absolute atomic E-state index is 0.0679. The number of furan rings is 1. The predicted octanol–water partition coefficient (Wildman–Crippen LogP) is 4.00. The molecule has 0 spiro atoms. The maximum absolute atomic E-state index is 12.8. The van der Waals surface area contributed by atoms with Gasteiger partial charge in [0, 0.05) is 24.0 Å². The standard InChI is InChI=1S/C20H23NO4/c1-4-14(13-8-5-6-10-16(13)24-3)21-20(23)19-12(2)18-15(22)9-7-11-17(18)25-19/h5-6,8,10,14H,4,7,9,11H2,1-3H3,(H,21,23). The molecular weight excluding hydrogens is 318 g/mol. The summed E-state index contributed by atoms with van der Waals surface area (Å²) in [6, 6.07) is 7.44. The molecule has 2 aromatic rings. The summed E-state index contributed by atoms with van der Waals surface area (Å²) >= 11 is 0. The van der Waals surface area contributed by atoms with Gasteiger partial charge in [0.15, 0.2) is 11.5 Å². The summed E-state index contributed by atoms with van der Waals surface area (Å²) in [7, 11) is 1.61. The van der Waals surface area contributed by atoms with Crippen LogP contribution in [0.5, 0.6) is 5.75 Å². The van der Waals surface area contributed by atoms with Gasteiger partial charge in [0.25, 0.3) is 5.91 Å². The molecule has 0 saturated heterocycles. The SMILES string of the molecule is CCC(NC(=O)c1oc2c(c1C)C(=O)CCC2)c1ccccc1OC. The second-order valence-corrected chi connectivity index (χ2v) is 6.31. The lowest BCUT2D eigenvalue weighted by atomic mass is 9.94. The fraction of sp³-hybridized carbons (Fsp3) is 0.400. The molecule has 0 radical (unpaired) electrons. The molecule has 1 heterocycles.